The zero-order valence-corrected chi connectivity index (χ0v) is 13.4. The van der Waals surface area contributed by atoms with Crippen LogP contribution in [0, 0.1) is 0 Å². The van der Waals surface area contributed by atoms with E-state index in [2.05, 4.69) is 10.0 Å². The minimum atomic E-state index is -3.23. The first-order valence-electron chi connectivity index (χ1n) is 6.89. The van der Waals surface area contributed by atoms with E-state index in [-0.39, 0.29) is 11.8 Å². The van der Waals surface area contributed by atoms with Gasteiger partial charge in [-0.2, -0.15) is 11.8 Å². The van der Waals surface area contributed by atoms with Gasteiger partial charge in [0, 0.05) is 12.6 Å². The van der Waals surface area contributed by atoms with E-state index < -0.39 is 10.0 Å². The lowest BCUT2D eigenvalue weighted by atomic mass is 10.1. The predicted octanol–water partition coefficient (Wildman–Crippen LogP) is 1.72. The summed E-state index contributed by atoms with van der Waals surface area (Å²) in [5.74, 6) is 2.16. The van der Waals surface area contributed by atoms with Gasteiger partial charge in [0.05, 0.1) is 5.75 Å². The standard InChI is InChI=1S/C14H22N2O2S2/c1-15-10-12-2-4-13(5-3-12)11-20(17,18)16-14-6-8-19-9-7-14/h2-5,14-16H,6-11H2,1H3. The largest absolute Gasteiger partial charge is 0.316 e. The van der Waals surface area contributed by atoms with Gasteiger partial charge in [0.1, 0.15) is 0 Å². The highest BCUT2D eigenvalue weighted by Gasteiger charge is 2.20. The Balaban J connectivity index is 1.93. The van der Waals surface area contributed by atoms with Crippen molar-refractivity contribution in [1.29, 1.82) is 0 Å². The second-order valence-corrected chi connectivity index (χ2v) is 8.09. The number of benzene rings is 1. The van der Waals surface area contributed by atoms with Crippen LogP contribution in [0.15, 0.2) is 24.3 Å². The van der Waals surface area contributed by atoms with Crippen molar-refractivity contribution in [3.63, 3.8) is 0 Å². The fourth-order valence-electron chi connectivity index (χ4n) is 2.29. The molecule has 1 aliphatic heterocycles. The maximum atomic E-state index is 12.1. The van der Waals surface area contributed by atoms with Crippen LogP contribution < -0.4 is 10.0 Å². The average Bonchev–Trinajstić information content (AvgIpc) is 2.41. The lowest BCUT2D eigenvalue weighted by Gasteiger charge is -2.22. The SMILES string of the molecule is CNCc1ccc(CS(=O)(=O)NC2CCSCC2)cc1. The third-order valence-corrected chi connectivity index (χ3v) is 5.78. The molecule has 0 unspecified atom stereocenters. The molecule has 1 aliphatic rings. The predicted molar refractivity (Wildman–Crippen MR) is 85.3 cm³/mol. The Morgan fingerprint density at radius 3 is 2.35 bits per heavy atom. The molecule has 112 valence electrons. The van der Waals surface area contributed by atoms with Crippen LogP contribution in [0.25, 0.3) is 0 Å². The summed E-state index contributed by atoms with van der Waals surface area (Å²) >= 11 is 1.89. The van der Waals surface area contributed by atoms with Crippen LogP contribution in [0.5, 0.6) is 0 Å². The second kappa shape index (κ2) is 7.45. The molecule has 4 nitrogen and oxygen atoms in total. The van der Waals surface area contributed by atoms with Crippen LogP contribution in [0.3, 0.4) is 0 Å². The molecule has 6 heteroatoms. The summed E-state index contributed by atoms with van der Waals surface area (Å²) < 4.78 is 27.1. The second-order valence-electron chi connectivity index (χ2n) is 5.11. The smallest absolute Gasteiger partial charge is 0.216 e. The Labute approximate surface area is 125 Å². The van der Waals surface area contributed by atoms with E-state index in [0.29, 0.717) is 0 Å². The molecular formula is C14H22N2O2S2. The zero-order valence-electron chi connectivity index (χ0n) is 11.8. The van der Waals surface area contributed by atoms with Gasteiger partial charge in [-0.3, -0.25) is 0 Å². The van der Waals surface area contributed by atoms with Gasteiger partial charge in [-0.15, -0.1) is 0 Å². The van der Waals surface area contributed by atoms with Gasteiger partial charge in [-0.25, -0.2) is 13.1 Å². The Kier molecular flexibility index (Phi) is 5.89. The Morgan fingerprint density at radius 1 is 1.15 bits per heavy atom. The molecule has 0 aliphatic carbocycles. The first kappa shape index (κ1) is 15.8. The molecule has 0 aromatic heterocycles. The summed E-state index contributed by atoms with van der Waals surface area (Å²) in [4.78, 5) is 0. The van der Waals surface area contributed by atoms with Crippen LogP contribution in [-0.4, -0.2) is 33.0 Å². The number of hydrogen-bond donors (Lipinski definition) is 2. The highest BCUT2D eigenvalue weighted by atomic mass is 32.2. The fourth-order valence-corrected chi connectivity index (χ4v) is 4.85. The summed E-state index contributed by atoms with van der Waals surface area (Å²) in [7, 11) is -1.34. The van der Waals surface area contributed by atoms with Crippen molar-refractivity contribution in [3.05, 3.63) is 35.4 Å². The van der Waals surface area contributed by atoms with Crippen molar-refractivity contribution in [2.75, 3.05) is 18.6 Å². The summed E-state index contributed by atoms with van der Waals surface area (Å²) in [5.41, 5.74) is 1.99. The Bertz CT molecular complexity index is 508. The van der Waals surface area contributed by atoms with Crippen molar-refractivity contribution in [2.45, 2.75) is 31.2 Å². The number of rotatable bonds is 6. The lowest BCUT2D eigenvalue weighted by Crippen LogP contribution is -2.37. The maximum Gasteiger partial charge on any atom is 0.216 e. The molecule has 1 saturated heterocycles. The minimum Gasteiger partial charge on any atom is -0.316 e. The maximum absolute atomic E-state index is 12.1. The van der Waals surface area contributed by atoms with E-state index in [1.807, 2.05) is 43.1 Å². The molecule has 1 aromatic carbocycles. The Hall–Kier alpha value is -0.560. The van der Waals surface area contributed by atoms with Crippen molar-refractivity contribution >= 4 is 21.8 Å². The van der Waals surface area contributed by atoms with E-state index in [0.717, 1.165) is 42.0 Å². The molecule has 0 saturated carbocycles. The van der Waals surface area contributed by atoms with Gasteiger partial charge in [0.2, 0.25) is 10.0 Å². The highest BCUT2D eigenvalue weighted by molar-refractivity contribution is 7.99. The van der Waals surface area contributed by atoms with E-state index >= 15 is 0 Å². The van der Waals surface area contributed by atoms with Crippen LogP contribution in [0.1, 0.15) is 24.0 Å². The van der Waals surface area contributed by atoms with Crippen molar-refractivity contribution in [1.82, 2.24) is 10.0 Å². The number of sulfonamides is 1. The molecule has 0 spiro atoms. The number of hydrogen-bond acceptors (Lipinski definition) is 4. The fraction of sp³-hybridized carbons (Fsp3) is 0.571. The van der Waals surface area contributed by atoms with Crippen LogP contribution >= 0.6 is 11.8 Å². The van der Waals surface area contributed by atoms with Crippen LogP contribution in [0.4, 0.5) is 0 Å². The molecule has 1 aromatic rings. The topological polar surface area (TPSA) is 58.2 Å². The van der Waals surface area contributed by atoms with E-state index in [1.165, 1.54) is 0 Å². The third kappa shape index (κ3) is 5.09. The van der Waals surface area contributed by atoms with Crippen molar-refractivity contribution < 1.29 is 8.42 Å². The average molecular weight is 314 g/mol. The van der Waals surface area contributed by atoms with Crippen LogP contribution in [0.2, 0.25) is 0 Å². The molecule has 0 atom stereocenters. The van der Waals surface area contributed by atoms with Crippen LogP contribution in [-0.2, 0) is 22.3 Å². The molecule has 1 heterocycles. The normalized spacial score (nSPS) is 17.2. The summed E-state index contributed by atoms with van der Waals surface area (Å²) in [6, 6.07) is 7.84. The molecular weight excluding hydrogens is 292 g/mol. The van der Waals surface area contributed by atoms with E-state index in [4.69, 9.17) is 0 Å². The first-order chi connectivity index (χ1) is 9.59. The summed E-state index contributed by atoms with van der Waals surface area (Å²) in [6.45, 7) is 0.797. The molecule has 0 bridgehead atoms. The molecule has 2 rings (SSSR count). The zero-order chi connectivity index (χ0) is 14.4. The molecule has 0 amide bonds. The number of nitrogens with one attached hydrogen (secondary N) is 2. The van der Waals surface area contributed by atoms with Gasteiger partial charge < -0.3 is 5.32 Å². The molecule has 0 radical (unpaired) electrons. The first-order valence-corrected chi connectivity index (χ1v) is 9.70. The van der Waals surface area contributed by atoms with Gasteiger partial charge in [-0.05, 0) is 42.5 Å². The lowest BCUT2D eigenvalue weighted by molar-refractivity contribution is 0.528. The van der Waals surface area contributed by atoms with Gasteiger partial charge >= 0.3 is 0 Å². The summed E-state index contributed by atoms with van der Waals surface area (Å²) in [5, 5.41) is 3.07. The van der Waals surface area contributed by atoms with Crippen molar-refractivity contribution in [2.24, 2.45) is 0 Å². The van der Waals surface area contributed by atoms with Crippen molar-refractivity contribution in [3.8, 4) is 0 Å². The third-order valence-electron chi connectivity index (χ3n) is 3.33. The monoisotopic (exact) mass is 314 g/mol. The highest BCUT2D eigenvalue weighted by Crippen LogP contribution is 2.18. The van der Waals surface area contributed by atoms with Gasteiger partial charge in [0.25, 0.3) is 0 Å². The van der Waals surface area contributed by atoms with Gasteiger partial charge in [-0.1, -0.05) is 24.3 Å². The quantitative estimate of drug-likeness (QED) is 0.839. The minimum absolute atomic E-state index is 0.0659. The molecule has 1 fully saturated rings. The Morgan fingerprint density at radius 2 is 1.75 bits per heavy atom. The molecule has 2 N–H and O–H groups in total. The van der Waals surface area contributed by atoms with E-state index in [9.17, 15) is 8.42 Å². The number of thioether (sulfide) groups is 1. The summed E-state index contributed by atoms with van der Waals surface area (Å²) in [6.07, 6.45) is 1.87. The van der Waals surface area contributed by atoms with Gasteiger partial charge in [0.15, 0.2) is 0 Å². The molecule has 20 heavy (non-hydrogen) atoms. The van der Waals surface area contributed by atoms with E-state index in [1.54, 1.807) is 0 Å².